The van der Waals surface area contributed by atoms with E-state index in [9.17, 15) is 9.59 Å². The summed E-state index contributed by atoms with van der Waals surface area (Å²) >= 11 is 0. The molecule has 4 nitrogen and oxygen atoms in total. The maximum atomic E-state index is 12.3. The van der Waals surface area contributed by atoms with E-state index in [4.69, 9.17) is 4.42 Å². The molecule has 1 aromatic heterocycles. The van der Waals surface area contributed by atoms with Gasteiger partial charge in [-0.1, -0.05) is 36.4 Å². The SMILES string of the molecule is Cc1nc(=O)oc2cc(C(=O)c3ccccc3)ccc12. The Labute approximate surface area is 114 Å². The smallest absolute Gasteiger partial charge is 0.408 e. The van der Waals surface area contributed by atoms with Crippen molar-refractivity contribution in [2.75, 3.05) is 0 Å². The third-order valence-electron chi connectivity index (χ3n) is 3.13. The lowest BCUT2D eigenvalue weighted by Gasteiger charge is -2.03. The Bertz CT molecular complexity index is 850. The van der Waals surface area contributed by atoms with Crippen LogP contribution < -0.4 is 5.76 Å². The van der Waals surface area contributed by atoms with Gasteiger partial charge in [0.1, 0.15) is 5.58 Å². The molecule has 4 heteroatoms. The van der Waals surface area contributed by atoms with E-state index in [-0.39, 0.29) is 5.78 Å². The maximum absolute atomic E-state index is 12.3. The van der Waals surface area contributed by atoms with Gasteiger partial charge in [0, 0.05) is 16.5 Å². The number of nitrogens with zero attached hydrogens (tertiary/aromatic N) is 1. The van der Waals surface area contributed by atoms with E-state index < -0.39 is 5.76 Å². The van der Waals surface area contributed by atoms with Crippen molar-refractivity contribution in [2.45, 2.75) is 6.92 Å². The lowest BCUT2D eigenvalue weighted by molar-refractivity contribution is 0.103. The summed E-state index contributed by atoms with van der Waals surface area (Å²) in [5.41, 5.74) is 2.05. The van der Waals surface area contributed by atoms with Crippen molar-refractivity contribution in [1.29, 1.82) is 0 Å². The zero-order chi connectivity index (χ0) is 14.1. The molecule has 0 amide bonds. The summed E-state index contributed by atoms with van der Waals surface area (Å²) in [6.07, 6.45) is 0. The molecule has 0 radical (unpaired) electrons. The summed E-state index contributed by atoms with van der Waals surface area (Å²) in [5.74, 6) is -0.760. The molecule has 0 N–H and O–H groups in total. The van der Waals surface area contributed by atoms with Gasteiger partial charge in [0.15, 0.2) is 5.78 Å². The average Bonchev–Trinajstić information content (AvgIpc) is 2.46. The molecule has 0 aliphatic rings. The van der Waals surface area contributed by atoms with Gasteiger partial charge < -0.3 is 4.42 Å². The number of rotatable bonds is 2. The number of benzene rings is 2. The monoisotopic (exact) mass is 265 g/mol. The standard InChI is InChI=1S/C16H11NO3/c1-10-13-8-7-12(9-14(13)20-16(19)17-10)15(18)11-5-3-2-4-6-11/h2-9H,1H3. The Morgan fingerprint density at radius 3 is 2.55 bits per heavy atom. The third-order valence-corrected chi connectivity index (χ3v) is 3.13. The minimum Gasteiger partial charge on any atom is -0.408 e. The second-order valence-electron chi connectivity index (χ2n) is 4.47. The lowest BCUT2D eigenvalue weighted by atomic mass is 10.0. The van der Waals surface area contributed by atoms with Crippen molar-refractivity contribution in [1.82, 2.24) is 4.98 Å². The molecule has 1 heterocycles. The van der Waals surface area contributed by atoms with Crippen LogP contribution >= 0.6 is 0 Å². The van der Waals surface area contributed by atoms with Crippen LogP contribution in [0.25, 0.3) is 11.0 Å². The van der Waals surface area contributed by atoms with Gasteiger partial charge in [-0.25, -0.2) is 4.79 Å². The highest BCUT2D eigenvalue weighted by atomic mass is 16.4. The molecule has 3 rings (SSSR count). The molecule has 2 aromatic carbocycles. The molecule has 0 saturated carbocycles. The van der Waals surface area contributed by atoms with Crippen molar-refractivity contribution in [2.24, 2.45) is 0 Å². The summed E-state index contributed by atoms with van der Waals surface area (Å²) < 4.78 is 5.05. The number of aromatic nitrogens is 1. The van der Waals surface area contributed by atoms with Gasteiger partial charge >= 0.3 is 5.76 Å². The Morgan fingerprint density at radius 2 is 1.80 bits per heavy atom. The molecule has 0 unspecified atom stereocenters. The van der Waals surface area contributed by atoms with Crippen molar-refractivity contribution >= 4 is 16.8 Å². The van der Waals surface area contributed by atoms with E-state index in [0.29, 0.717) is 22.4 Å². The van der Waals surface area contributed by atoms with Gasteiger partial charge in [-0.05, 0) is 19.1 Å². The van der Waals surface area contributed by atoms with Crippen LogP contribution in [-0.4, -0.2) is 10.8 Å². The van der Waals surface area contributed by atoms with Crippen molar-refractivity contribution in [3.8, 4) is 0 Å². The van der Waals surface area contributed by atoms with Crippen LogP contribution in [0.3, 0.4) is 0 Å². The fourth-order valence-corrected chi connectivity index (χ4v) is 2.12. The number of aryl methyl sites for hydroxylation is 1. The molecule has 0 aliphatic heterocycles. The largest absolute Gasteiger partial charge is 0.439 e. The van der Waals surface area contributed by atoms with Gasteiger partial charge in [0.25, 0.3) is 0 Å². The van der Waals surface area contributed by atoms with Gasteiger partial charge in [0.2, 0.25) is 0 Å². The fourth-order valence-electron chi connectivity index (χ4n) is 2.12. The van der Waals surface area contributed by atoms with E-state index in [1.54, 1.807) is 37.3 Å². The molecular formula is C16H11NO3. The summed E-state index contributed by atoms with van der Waals surface area (Å²) in [6.45, 7) is 1.73. The first kappa shape index (κ1) is 12.3. The van der Waals surface area contributed by atoms with Crippen molar-refractivity contribution in [3.63, 3.8) is 0 Å². The van der Waals surface area contributed by atoms with Crippen LogP contribution in [0, 0.1) is 6.92 Å². The molecule has 0 bridgehead atoms. The van der Waals surface area contributed by atoms with Crippen molar-refractivity contribution < 1.29 is 9.21 Å². The van der Waals surface area contributed by atoms with Gasteiger partial charge in [-0.15, -0.1) is 0 Å². The van der Waals surface area contributed by atoms with Crippen LogP contribution in [-0.2, 0) is 0 Å². The second kappa shape index (κ2) is 4.74. The van der Waals surface area contributed by atoms with Crippen molar-refractivity contribution in [3.05, 3.63) is 75.9 Å². The van der Waals surface area contributed by atoms with Gasteiger partial charge in [0.05, 0.1) is 5.69 Å². The molecular weight excluding hydrogens is 254 g/mol. The minimum absolute atomic E-state index is 0.107. The normalized spacial score (nSPS) is 10.7. The van der Waals surface area contributed by atoms with Crippen LogP contribution in [0.4, 0.5) is 0 Å². The Morgan fingerprint density at radius 1 is 1.05 bits per heavy atom. The van der Waals surface area contributed by atoms with E-state index >= 15 is 0 Å². The zero-order valence-electron chi connectivity index (χ0n) is 10.8. The van der Waals surface area contributed by atoms with Gasteiger partial charge in [-0.3, -0.25) is 4.79 Å². The van der Waals surface area contributed by atoms with Gasteiger partial charge in [-0.2, -0.15) is 4.98 Å². The summed E-state index contributed by atoms with van der Waals surface area (Å²) in [6, 6.07) is 14.0. The van der Waals surface area contributed by atoms with Crippen LogP contribution in [0.1, 0.15) is 21.6 Å². The van der Waals surface area contributed by atoms with Crippen LogP contribution in [0.5, 0.6) is 0 Å². The first-order valence-corrected chi connectivity index (χ1v) is 6.16. The second-order valence-corrected chi connectivity index (χ2v) is 4.47. The maximum Gasteiger partial charge on any atom is 0.439 e. The molecule has 0 atom stereocenters. The Balaban J connectivity index is 2.14. The molecule has 98 valence electrons. The number of fused-ring (bicyclic) bond motifs is 1. The first-order valence-electron chi connectivity index (χ1n) is 6.16. The number of hydrogen-bond acceptors (Lipinski definition) is 4. The quantitative estimate of drug-likeness (QED) is 0.668. The third kappa shape index (κ3) is 2.12. The molecule has 0 spiro atoms. The Kier molecular flexibility index (Phi) is 2.91. The van der Waals surface area contributed by atoms with Crippen LogP contribution in [0.2, 0.25) is 0 Å². The average molecular weight is 265 g/mol. The molecule has 3 aromatic rings. The van der Waals surface area contributed by atoms with E-state index in [1.165, 1.54) is 0 Å². The van der Waals surface area contributed by atoms with E-state index in [2.05, 4.69) is 4.98 Å². The Hall–Kier alpha value is -2.75. The number of hydrogen-bond donors (Lipinski definition) is 0. The topological polar surface area (TPSA) is 60.2 Å². The predicted octanol–water partition coefficient (Wildman–Crippen LogP) is 2.73. The molecule has 0 fully saturated rings. The molecule has 20 heavy (non-hydrogen) atoms. The first-order chi connectivity index (χ1) is 9.65. The number of carbonyl (C=O) groups excluding carboxylic acids is 1. The zero-order valence-corrected chi connectivity index (χ0v) is 10.8. The number of ketones is 1. The highest BCUT2D eigenvalue weighted by molar-refractivity contribution is 6.10. The van der Waals surface area contributed by atoms with E-state index in [1.807, 2.05) is 18.2 Å². The molecule has 0 aliphatic carbocycles. The van der Waals surface area contributed by atoms with Crippen LogP contribution in [0.15, 0.2) is 57.7 Å². The number of carbonyl (C=O) groups is 1. The molecule has 0 saturated heterocycles. The predicted molar refractivity (Wildman–Crippen MR) is 74.9 cm³/mol. The highest BCUT2D eigenvalue weighted by Crippen LogP contribution is 2.18. The summed E-state index contributed by atoms with van der Waals surface area (Å²) in [7, 11) is 0. The van der Waals surface area contributed by atoms with E-state index in [0.717, 1.165) is 5.39 Å². The highest BCUT2D eigenvalue weighted by Gasteiger charge is 2.11. The summed E-state index contributed by atoms with van der Waals surface area (Å²) in [4.78, 5) is 27.3. The minimum atomic E-state index is -0.653. The fraction of sp³-hybridized carbons (Fsp3) is 0.0625. The lowest BCUT2D eigenvalue weighted by Crippen LogP contribution is -2.06. The summed E-state index contributed by atoms with van der Waals surface area (Å²) in [5, 5.41) is 0.731.